The van der Waals surface area contributed by atoms with E-state index in [0.29, 0.717) is 24.2 Å². The smallest absolute Gasteiger partial charge is 0.255 e. The van der Waals surface area contributed by atoms with E-state index in [1.54, 1.807) is 18.7 Å². The summed E-state index contributed by atoms with van der Waals surface area (Å²) in [6, 6.07) is 10.2. The van der Waals surface area contributed by atoms with Crippen molar-refractivity contribution in [1.29, 1.82) is 0 Å². The number of nitrogens with two attached hydrogens (primary N) is 1. The maximum atomic E-state index is 13.3. The average Bonchev–Trinajstić information content (AvgIpc) is 3.25. The summed E-state index contributed by atoms with van der Waals surface area (Å²) in [7, 11) is 2.04. The predicted octanol–water partition coefficient (Wildman–Crippen LogP) is 2.67. The summed E-state index contributed by atoms with van der Waals surface area (Å²) in [5.41, 5.74) is 10.4. The van der Waals surface area contributed by atoms with Crippen molar-refractivity contribution in [3.63, 3.8) is 0 Å². The Morgan fingerprint density at radius 2 is 2.06 bits per heavy atom. The highest BCUT2D eigenvalue weighted by molar-refractivity contribution is 5.38. The van der Waals surface area contributed by atoms with Gasteiger partial charge in [-0.05, 0) is 37.6 Å². The molecule has 0 saturated carbocycles. The van der Waals surface area contributed by atoms with E-state index >= 15 is 0 Å². The van der Waals surface area contributed by atoms with Crippen LogP contribution in [0.3, 0.4) is 0 Å². The quantitative estimate of drug-likeness (QED) is 0.662. The number of fused-ring (bicyclic) bond motifs is 4. The molecule has 1 fully saturated rings. The van der Waals surface area contributed by atoms with E-state index in [1.807, 2.05) is 29.8 Å². The second-order valence-electron chi connectivity index (χ2n) is 9.04. The normalized spacial score (nSPS) is 20.7. The first-order valence-corrected chi connectivity index (χ1v) is 10.9. The van der Waals surface area contributed by atoms with Crippen molar-refractivity contribution in [2.24, 2.45) is 5.92 Å². The van der Waals surface area contributed by atoms with Crippen LogP contribution in [-0.2, 0) is 26.2 Å². The van der Waals surface area contributed by atoms with Gasteiger partial charge in [0.1, 0.15) is 5.82 Å². The minimum atomic E-state index is 0.163. The summed E-state index contributed by atoms with van der Waals surface area (Å²) >= 11 is 0. The van der Waals surface area contributed by atoms with Gasteiger partial charge in [0.25, 0.3) is 5.56 Å². The number of furan rings is 1. The third kappa shape index (κ3) is 4.16. The van der Waals surface area contributed by atoms with Gasteiger partial charge in [-0.15, -0.1) is 0 Å². The highest BCUT2D eigenvalue weighted by Crippen LogP contribution is 2.36. The van der Waals surface area contributed by atoms with Gasteiger partial charge in [-0.1, -0.05) is 12.1 Å². The highest BCUT2D eigenvalue weighted by Gasteiger charge is 2.35. The molecule has 0 amide bonds. The molecular formula is C24H29N5O2. The summed E-state index contributed by atoms with van der Waals surface area (Å²) < 4.78 is 7.19. The molecule has 7 heteroatoms. The van der Waals surface area contributed by atoms with Crippen LogP contribution in [0.1, 0.15) is 34.7 Å². The fraction of sp³-hybridized carbons (Fsp3) is 0.417. The maximum Gasteiger partial charge on any atom is 0.255 e. The van der Waals surface area contributed by atoms with Gasteiger partial charge in [-0.2, -0.15) is 0 Å². The Hall–Kier alpha value is -2.90. The Kier molecular flexibility index (Phi) is 5.38. The minimum absolute atomic E-state index is 0.163. The zero-order valence-electron chi connectivity index (χ0n) is 17.9. The molecule has 7 nitrogen and oxygen atoms in total. The molecule has 2 atom stereocenters. The predicted molar refractivity (Wildman–Crippen MR) is 119 cm³/mol. The second kappa shape index (κ2) is 8.32. The lowest BCUT2D eigenvalue weighted by Crippen LogP contribution is -2.47. The molecule has 2 N–H and O–H groups in total. The van der Waals surface area contributed by atoms with Gasteiger partial charge >= 0.3 is 0 Å². The van der Waals surface area contributed by atoms with Crippen LogP contribution in [0.4, 0.5) is 5.82 Å². The summed E-state index contributed by atoms with van der Waals surface area (Å²) in [6.45, 7) is 4.93. The fourth-order valence-electron chi connectivity index (χ4n) is 5.21. The van der Waals surface area contributed by atoms with Crippen LogP contribution in [0.25, 0.3) is 0 Å². The molecule has 3 aromatic rings. The molecule has 1 saturated heterocycles. The Bertz CT molecular complexity index is 1110. The molecule has 2 bridgehead atoms. The van der Waals surface area contributed by atoms with E-state index in [-0.39, 0.29) is 5.56 Å². The third-order valence-corrected chi connectivity index (χ3v) is 6.55. The van der Waals surface area contributed by atoms with Gasteiger partial charge in [0.05, 0.1) is 12.5 Å². The molecule has 162 valence electrons. The first-order valence-electron chi connectivity index (χ1n) is 10.9. The van der Waals surface area contributed by atoms with Gasteiger partial charge in [-0.25, -0.2) is 4.98 Å². The van der Waals surface area contributed by atoms with E-state index in [0.717, 1.165) is 55.8 Å². The van der Waals surface area contributed by atoms with Crippen molar-refractivity contribution in [2.75, 3.05) is 25.9 Å². The SMILES string of the molecule is CN(Cc1ccoc1)Cc1ccc2n(c1=O)C[C@H]1C[C@@H]2CN(Cc2cccnc2N)C1. The zero-order valence-corrected chi connectivity index (χ0v) is 17.9. The lowest BCUT2D eigenvalue weighted by atomic mass is 9.83. The van der Waals surface area contributed by atoms with E-state index in [1.165, 1.54) is 5.69 Å². The highest BCUT2D eigenvalue weighted by atomic mass is 16.3. The zero-order chi connectivity index (χ0) is 21.4. The van der Waals surface area contributed by atoms with Gasteiger partial charge in [0, 0.05) is 73.8 Å². The maximum absolute atomic E-state index is 13.3. The number of nitrogen functional groups attached to an aromatic ring is 1. The molecule has 2 aliphatic rings. The van der Waals surface area contributed by atoms with Crippen molar-refractivity contribution < 1.29 is 4.42 Å². The number of aromatic nitrogens is 2. The molecule has 0 unspecified atom stereocenters. The molecule has 0 spiro atoms. The van der Waals surface area contributed by atoms with E-state index in [9.17, 15) is 4.79 Å². The number of piperidine rings is 1. The number of pyridine rings is 2. The Balaban J connectivity index is 1.32. The van der Waals surface area contributed by atoms with Crippen LogP contribution in [0, 0.1) is 5.92 Å². The number of nitrogens with zero attached hydrogens (tertiary/aromatic N) is 4. The summed E-state index contributed by atoms with van der Waals surface area (Å²) in [6.07, 6.45) is 6.32. The topological polar surface area (TPSA) is 80.5 Å². The number of hydrogen-bond acceptors (Lipinski definition) is 6. The average molecular weight is 420 g/mol. The number of anilines is 1. The minimum Gasteiger partial charge on any atom is -0.472 e. The van der Waals surface area contributed by atoms with Crippen molar-refractivity contribution in [3.8, 4) is 0 Å². The van der Waals surface area contributed by atoms with Crippen molar-refractivity contribution in [2.45, 2.75) is 38.5 Å². The van der Waals surface area contributed by atoms with E-state index in [2.05, 4.69) is 26.9 Å². The molecular weight excluding hydrogens is 390 g/mol. The first-order chi connectivity index (χ1) is 15.1. The summed E-state index contributed by atoms with van der Waals surface area (Å²) in [5, 5.41) is 0. The fourth-order valence-corrected chi connectivity index (χ4v) is 5.21. The van der Waals surface area contributed by atoms with Gasteiger partial charge in [0.2, 0.25) is 0 Å². The van der Waals surface area contributed by atoms with Crippen molar-refractivity contribution >= 4 is 5.82 Å². The summed E-state index contributed by atoms with van der Waals surface area (Å²) in [5.74, 6) is 1.48. The number of hydrogen-bond donors (Lipinski definition) is 1. The van der Waals surface area contributed by atoms with Gasteiger partial charge < -0.3 is 14.7 Å². The molecule has 0 aliphatic carbocycles. The third-order valence-electron chi connectivity index (χ3n) is 6.55. The Morgan fingerprint density at radius 3 is 2.87 bits per heavy atom. The standard InChI is InChI=1S/C24H29N5O2/c1-27(10-17-6-8-31-16-17)13-20-4-5-22-21-9-18(12-29(22)24(20)30)11-28(15-21)14-19-3-2-7-26-23(19)25/h2-8,16,18,21H,9-15H2,1H3,(H2,25,26)/t18-,21+/m0/s1. The summed E-state index contributed by atoms with van der Waals surface area (Å²) in [4.78, 5) is 22.1. The monoisotopic (exact) mass is 419 g/mol. The van der Waals surface area contributed by atoms with Crippen molar-refractivity contribution in [3.05, 3.63) is 81.8 Å². The van der Waals surface area contributed by atoms with Crippen LogP contribution in [0.15, 0.2) is 58.3 Å². The largest absolute Gasteiger partial charge is 0.472 e. The number of likely N-dealkylation sites (tertiary alicyclic amines) is 1. The second-order valence-corrected chi connectivity index (χ2v) is 9.04. The lowest BCUT2D eigenvalue weighted by Gasteiger charge is -2.43. The van der Waals surface area contributed by atoms with Crippen LogP contribution in [0.2, 0.25) is 0 Å². The van der Waals surface area contributed by atoms with Crippen LogP contribution in [0.5, 0.6) is 0 Å². The Labute approximate surface area is 182 Å². The molecule has 31 heavy (non-hydrogen) atoms. The number of rotatable bonds is 6. The molecule has 5 rings (SSSR count). The molecule has 0 aromatic carbocycles. The van der Waals surface area contributed by atoms with Crippen molar-refractivity contribution in [1.82, 2.24) is 19.4 Å². The van der Waals surface area contributed by atoms with E-state index in [4.69, 9.17) is 10.2 Å². The van der Waals surface area contributed by atoms with Gasteiger partial charge in [-0.3, -0.25) is 14.6 Å². The van der Waals surface area contributed by atoms with Gasteiger partial charge in [0.15, 0.2) is 0 Å². The van der Waals surface area contributed by atoms with Crippen LogP contribution >= 0.6 is 0 Å². The molecule has 2 aliphatic heterocycles. The van der Waals surface area contributed by atoms with Crippen LogP contribution in [-0.4, -0.2) is 39.5 Å². The van der Waals surface area contributed by atoms with E-state index < -0.39 is 0 Å². The first kappa shape index (κ1) is 20.0. The molecule has 3 aromatic heterocycles. The lowest BCUT2D eigenvalue weighted by molar-refractivity contribution is 0.114. The Morgan fingerprint density at radius 1 is 1.16 bits per heavy atom. The molecule has 0 radical (unpaired) electrons. The molecule has 5 heterocycles. The van der Waals surface area contributed by atoms with Crippen LogP contribution < -0.4 is 11.3 Å².